The van der Waals surface area contributed by atoms with Gasteiger partial charge in [-0.3, -0.25) is 4.79 Å². The predicted octanol–water partition coefficient (Wildman–Crippen LogP) is 3.93. The molecule has 23 heavy (non-hydrogen) atoms. The summed E-state index contributed by atoms with van der Waals surface area (Å²) >= 11 is 6.08. The van der Waals surface area contributed by atoms with Gasteiger partial charge in [-0.1, -0.05) is 17.7 Å². The molecule has 2 aromatic carbocycles. The highest BCUT2D eigenvalue weighted by Gasteiger charge is 2.21. The lowest BCUT2D eigenvalue weighted by molar-refractivity contribution is 0.102. The Labute approximate surface area is 140 Å². The highest BCUT2D eigenvalue weighted by Crippen LogP contribution is 2.40. The van der Waals surface area contributed by atoms with Gasteiger partial charge in [0.05, 0.1) is 26.9 Å². The van der Waals surface area contributed by atoms with Crippen molar-refractivity contribution < 1.29 is 19.0 Å². The summed E-state index contributed by atoms with van der Waals surface area (Å²) in [7, 11) is 4.48. The summed E-state index contributed by atoms with van der Waals surface area (Å²) < 4.78 is 15.8. The van der Waals surface area contributed by atoms with E-state index in [1.807, 2.05) is 6.92 Å². The second-order valence-electron chi connectivity index (χ2n) is 4.75. The van der Waals surface area contributed by atoms with Crippen molar-refractivity contribution in [2.24, 2.45) is 0 Å². The van der Waals surface area contributed by atoms with Crippen molar-refractivity contribution in [3.63, 3.8) is 0 Å². The smallest absolute Gasteiger partial charge is 0.259 e. The molecule has 0 aliphatic rings. The molecule has 2 rings (SSSR count). The quantitative estimate of drug-likeness (QED) is 0.899. The lowest BCUT2D eigenvalue weighted by atomic mass is 10.1. The van der Waals surface area contributed by atoms with E-state index < -0.39 is 0 Å². The molecule has 0 radical (unpaired) electrons. The Hall–Kier alpha value is -2.40. The Bertz CT molecular complexity index is 731. The number of ether oxygens (including phenoxy) is 3. The number of anilines is 1. The van der Waals surface area contributed by atoms with Crippen molar-refractivity contribution in [3.8, 4) is 17.2 Å². The zero-order valence-electron chi connectivity index (χ0n) is 13.4. The number of carbonyl (C=O) groups excluding carboxylic acids is 1. The van der Waals surface area contributed by atoms with Gasteiger partial charge in [-0.25, -0.2) is 0 Å². The van der Waals surface area contributed by atoms with Crippen LogP contribution in [0.3, 0.4) is 0 Å². The fraction of sp³-hybridized carbons (Fsp3) is 0.235. The lowest BCUT2D eigenvalue weighted by Crippen LogP contribution is -2.14. The van der Waals surface area contributed by atoms with Crippen LogP contribution in [0, 0.1) is 6.92 Å². The molecule has 0 saturated heterocycles. The van der Waals surface area contributed by atoms with Gasteiger partial charge in [-0.15, -0.1) is 0 Å². The molecule has 122 valence electrons. The van der Waals surface area contributed by atoms with Gasteiger partial charge in [0.1, 0.15) is 0 Å². The van der Waals surface area contributed by atoms with Gasteiger partial charge < -0.3 is 19.5 Å². The maximum atomic E-state index is 12.6. The Morgan fingerprint density at radius 3 is 2.30 bits per heavy atom. The zero-order valence-corrected chi connectivity index (χ0v) is 14.2. The zero-order chi connectivity index (χ0) is 17.0. The van der Waals surface area contributed by atoms with Crippen molar-refractivity contribution in [3.05, 3.63) is 46.5 Å². The minimum absolute atomic E-state index is 0.309. The third kappa shape index (κ3) is 3.35. The molecular weight excluding hydrogens is 318 g/mol. The molecule has 5 nitrogen and oxygen atoms in total. The Balaban J connectivity index is 2.41. The van der Waals surface area contributed by atoms with Crippen LogP contribution in [0.5, 0.6) is 17.2 Å². The number of carbonyl (C=O) groups is 1. The van der Waals surface area contributed by atoms with Crippen LogP contribution >= 0.6 is 11.6 Å². The van der Waals surface area contributed by atoms with Gasteiger partial charge >= 0.3 is 0 Å². The molecule has 0 aromatic heterocycles. The maximum absolute atomic E-state index is 12.6. The van der Waals surface area contributed by atoms with Crippen molar-refractivity contribution in [2.75, 3.05) is 26.6 Å². The monoisotopic (exact) mass is 335 g/mol. The van der Waals surface area contributed by atoms with E-state index >= 15 is 0 Å². The van der Waals surface area contributed by atoms with Crippen LogP contribution < -0.4 is 19.5 Å². The first-order valence-corrected chi connectivity index (χ1v) is 7.26. The highest BCUT2D eigenvalue weighted by atomic mass is 35.5. The topological polar surface area (TPSA) is 56.8 Å². The van der Waals surface area contributed by atoms with Crippen LogP contribution in [-0.2, 0) is 0 Å². The molecular formula is C17H18ClNO4. The first-order valence-electron chi connectivity index (χ1n) is 6.88. The number of halogens is 1. The van der Waals surface area contributed by atoms with Crippen molar-refractivity contribution in [1.82, 2.24) is 0 Å². The van der Waals surface area contributed by atoms with Crippen molar-refractivity contribution in [1.29, 1.82) is 0 Å². The fourth-order valence-corrected chi connectivity index (χ4v) is 2.39. The summed E-state index contributed by atoms with van der Waals surface area (Å²) in [6.07, 6.45) is 0. The molecule has 6 heteroatoms. The standard InChI is InChI=1S/C17H18ClNO4/c1-10-12(18)6-5-7-13(10)19-17(20)11-8-9-14(21-2)16(23-4)15(11)22-3/h5-9H,1-4H3,(H,19,20). The Morgan fingerprint density at radius 2 is 1.70 bits per heavy atom. The van der Waals surface area contributed by atoms with Gasteiger partial charge in [-0.2, -0.15) is 0 Å². The van der Waals surface area contributed by atoms with Crippen molar-refractivity contribution in [2.45, 2.75) is 6.92 Å². The van der Waals surface area contributed by atoms with Gasteiger partial charge in [0.15, 0.2) is 11.5 Å². The summed E-state index contributed by atoms with van der Waals surface area (Å²) in [5, 5.41) is 3.42. The largest absolute Gasteiger partial charge is 0.493 e. The number of hydrogen-bond donors (Lipinski definition) is 1. The lowest BCUT2D eigenvalue weighted by Gasteiger charge is -2.16. The van der Waals surface area contributed by atoms with Gasteiger partial charge in [-0.05, 0) is 36.8 Å². The summed E-state index contributed by atoms with van der Waals surface area (Å²) in [6.45, 7) is 1.84. The fourth-order valence-electron chi connectivity index (χ4n) is 2.21. The summed E-state index contributed by atoms with van der Waals surface area (Å²) in [6, 6.07) is 8.60. The highest BCUT2D eigenvalue weighted by molar-refractivity contribution is 6.31. The molecule has 0 spiro atoms. The van der Waals surface area contributed by atoms with Gasteiger partial charge in [0.2, 0.25) is 5.75 Å². The normalized spacial score (nSPS) is 10.1. The molecule has 1 amide bonds. The second-order valence-corrected chi connectivity index (χ2v) is 5.16. The van der Waals surface area contributed by atoms with Crippen LogP contribution in [0.15, 0.2) is 30.3 Å². The number of methoxy groups -OCH3 is 3. The Morgan fingerprint density at radius 1 is 1.00 bits per heavy atom. The molecule has 0 unspecified atom stereocenters. The average molecular weight is 336 g/mol. The predicted molar refractivity (Wildman–Crippen MR) is 90.2 cm³/mol. The third-order valence-corrected chi connectivity index (χ3v) is 3.87. The average Bonchev–Trinajstić information content (AvgIpc) is 2.57. The van der Waals surface area contributed by atoms with Crippen LogP contribution in [0.2, 0.25) is 5.02 Å². The minimum Gasteiger partial charge on any atom is -0.493 e. The molecule has 0 aliphatic carbocycles. The van der Waals surface area contributed by atoms with Gasteiger partial charge in [0, 0.05) is 10.7 Å². The number of amides is 1. The molecule has 1 N–H and O–H groups in total. The molecule has 0 atom stereocenters. The first kappa shape index (κ1) is 17.0. The molecule has 0 aliphatic heterocycles. The molecule has 0 fully saturated rings. The van der Waals surface area contributed by atoms with E-state index in [0.717, 1.165) is 5.56 Å². The number of hydrogen-bond acceptors (Lipinski definition) is 4. The van der Waals surface area contributed by atoms with E-state index in [-0.39, 0.29) is 5.91 Å². The van der Waals surface area contributed by atoms with E-state index in [1.54, 1.807) is 30.3 Å². The van der Waals surface area contributed by atoms with E-state index in [9.17, 15) is 4.79 Å². The Kier molecular flexibility index (Phi) is 5.34. The van der Waals surface area contributed by atoms with Crippen molar-refractivity contribution >= 4 is 23.2 Å². The molecule has 0 saturated carbocycles. The number of rotatable bonds is 5. The summed E-state index contributed by atoms with van der Waals surface area (Å²) in [4.78, 5) is 12.6. The third-order valence-electron chi connectivity index (χ3n) is 3.46. The van der Waals surface area contributed by atoms with Gasteiger partial charge in [0.25, 0.3) is 5.91 Å². The molecule has 0 heterocycles. The van der Waals surface area contributed by atoms with Crippen LogP contribution in [-0.4, -0.2) is 27.2 Å². The van der Waals surface area contributed by atoms with Crippen LogP contribution in [0.1, 0.15) is 15.9 Å². The van der Waals surface area contributed by atoms with E-state index in [1.165, 1.54) is 21.3 Å². The summed E-state index contributed by atoms with van der Waals surface area (Å²) in [5.74, 6) is 0.836. The second kappa shape index (κ2) is 7.24. The van der Waals surface area contributed by atoms with Crippen LogP contribution in [0.4, 0.5) is 5.69 Å². The van der Waals surface area contributed by atoms with E-state index in [4.69, 9.17) is 25.8 Å². The van der Waals surface area contributed by atoms with E-state index in [0.29, 0.717) is 33.5 Å². The minimum atomic E-state index is -0.326. The molecule has 0 bridgehead atoms. The number of nitrogens with one attached hydrogen (secondary N) is 1. The van der Waals surface area contributed by atoms with Crippen LogP contribution in [0.25, 0.3) is 0 Å². The SMILES string of the molecule is COc1ccc(C(=O)Nc2cccc(Cl)c2C)c(OC)c1OC. The summed E-state index contributed by atoms with van der Waals surface area (Å²) in [5.41, 5.74) is 1.77. The van der Waals surface area contributed by atoms with E-state index in [2.05, 4.69) is 5.32 Å². The molecule has 2 aromatic rings. The first-order chi connectivity index (χ1) is 11.0. The number of benzene rings is 2. The maximum Gasteiger partial charge on any atom is 0.259 e.